The number of anilines is 1. The summed E-state index contributed by atoms with van der Waals surface area (Å²) in [5.74, 6) is 0.536. The molecule has 2 aromatic rings. The van der Waals surface area contributed by atoms with E-state index in [2.05, 4.69) is 15.9 Å². The van der Waals surface area contributed by atoms with Crippen molar-refractivity contribution in [1.29, 1.82) is 0 Å². The highest BCUT2D eigenvalue weighted by Crippen LogP contribution is 2.33. The predicted molar refractivity (Wildman–Crippen MR) is 75.8 cm³/mol. The van der Waals surface area contributed by atoms with Gasteiger partial charge < -0.3 is 15.6 Å². The fraction of sp³-hybridized carbons (Fsp3) is 0.143. The molecule has 0 radical (unpaired) electrons. The SMILES string of the molecule is Nc1cc(F)c(Br)cc1Oc1ccccc1CCO. The van der Waals surface area contributed by atoms with Gasteiger partial charge in [0.25, 0.3) is 0 Å². The van der Waals surface area contributed by atoms with Crippen molar-refractivity contribution in [1.82, 2.24) is 0 Å². The molecule has 0 aliphatic rings. The molecule has 0 atom stereocenters. The van der Waals surface area contributed by atoms with Crippen molar-refractivity contribution in [3.05, 3.63) is 52.3 Å². The third-order valence-electron chi connectivity index (χ3n) is 2.63. The summed E-state index contributed by atoms with van der Waals surface area (Å²) in [6.45, 7) is 0.0307. The van der Waals surface area contributed by atoms with E-state index in [0.29, 0.717) is 17.9 Å². The van der Waals surface area contributed by atoms with Crippen molar-refractivity contribution >= 4 is 21.6 Å². The third-order valence-corrected chi connectivity index (χ3v) is 3.23. The second kappa shape index (κ2) is 6.04. The minimum absolute atomic E-state index is 0.0307. The van der Waals surface area contributed by atoms with E-state index in [1.54, 1.807) is 6.07 Å². The minimum atomic E-state index is -0.437. The van der Waals surface area contributed by atoms with Gasteiger partial charge in [-0.25, -0.2) is 4.39 Å². The molecule has 0 spiro atoms. The van der Waals surface area contributed by atoms with Crippen LogP contribution in [0, 0.1) is 5.82 Å². The quantitative estimate of drug-likeness (QED) is 0.846. The second-order valence-corrected chi connectivity index (χ2v) is 4.84. The molecule has 2 rings (SSSR count). The number of nitrogens with two attached hydrogens (primary N) is 1. The Balaban J connectivity index is 2.33. The van der Waals surface area contributed by atoms with Gasteiger partial charge >= 0.3 is 0 Å². The van der Waals surface area contributed by atoms with Gasteiger partial charge in [0, 0.05) is 18.7 Å². The zero-order chi connectivity index (χ0) is 13.8. The van der Waals surface area contributed by atoms with Crippen molar-refractivity contribution in [2.45, 2.75) is 6.42 Å². The molecule has 3 nitrogen and oxygen atoms in total. The molecule has 0 amide bonds. The van der Waals surface area contributed by atoms with Crippen molar-refractivity contribution in [2.75, 3.05) is 12.3 Å². The number of rotatable bonds is 4. The number of nitrogen functional groups attached to an aromatic ring is 1. The van der Waals surface area contributed by atoms with Crippen LogP contribution in [0.1, 0.15) is 5.56 Å². The van der Waals surface area contributed by atoms with Gasteiger partial charge in [-0.05, 0) is 34.0 Å². The average Bonchev–Trinajstić information content (AvgIpc) is 2.38. The highest BCUT2D eigenvalue weighted by Gasteiger charge is 2.10. The zero-order valence-corrected chi connectivity index (χ0v) is 11.7. The lowest BCUT2D eigenvalue weighted by Gasteiger charge is -2.12. The molecule has 0 aliphatic carbocycles. The third kappa shape index (κ3) is 3.24. The molecule has 2 aromatic carbocycles. The number of ether oxygens (including phenoxy) is 1. The Morgan fingerprint density at radius 3 is 2.68 bits per heavy atom. The molecule has 19 heavy (non-hydrogen) atoms. The molecule has 5 heteroatoms. The molecule has 100 valence electrons. The van der Waals surface area contributed by atoms with Gasteiger partial charge in [0.2, 0.25) is 0 Å². The number of hydrogen-bond acceptors (Lipinski definition) is 3. The van der Waals surface area contributed by atoms with Gasteiger partial charge in [-0.15, -0.1) is 0 Å². The molecule has 0 unspecified atom stereocenters. The molecule has 0 heterocycles. The summed E-state index contributed by atoms with van der Waals surface area (Å²) in [5.41, 5.74) is 6.81. The lowest BCUT2D eigenvalue weighted by molar-refractivity contribution is 0.298. The van der Waals surface area contributed by atoms with Gasteiger partial charge in [-0.3, -0.25) is 0 Å². The standard InChI is InChI=1S/C14H13BrFNO2/c15-10-7-14(12(17)8-11(10)16)19-13-4-2-1-3-9(13)5-6-18/h1-4,7-8,18H,5-6,17H2. The molecule has 0 aromatic heterocycles. The van der Waals surface area contributed by atoms with E-state index >= 15 is 0 Å². The summed E-state index contributed by atoms with van der Waals surface area (Å²) in [6, 6.07) is 10.0. The number of aliphatic hydroxyl groups is 1. The van der Waals surface area contributed by atoms with E-state index in [4.69, 9.17) is 15.6 Å². The number of hydrogen-bond donors (Lipinski definition) is 2. The Kier molecular flexibility index (Phi) is 4.39. The Bertz CT molecular complexity index is 590. The Morgan fingerprint density at radius 1 is 1.21 bits per heavy atom. The zero-order valence-electron chi connectivity index (χ0n) is 10.1. The van der Waals surface area contributed by atoms with Gasteiger partial charge in [0.15, 0.2) is 5.75 Å². The van der Waals surface area contributed by atoms with Gasteiger partial charge in [0.1, 0.15) is 11.6 Å². The van der Waals surface area contributed by atoms with E-state index in [1.165, 1.54) is 12.1 Å². The summed E-state index contributed by atoms with van der Waals surface area (Å²) in [5, 5.41) is 9.01. The fourth-order valence-electron chi connectivity index (χ4n) is 1.68. The van der Waals surface area contributed by atoms with Crippen LogP contribution in [0.3, 0.4) is 0 Å². The van der Waals surface area contributed by atoms with E-state index < -0.39 is 5.82 Å². The van der Waals surface area contributed by atoms with Crippen LogP contribution in [-0.4, -0.2) is 11.7 Å². The van der Waals surface area contributed by atoms with Crippen LogP contribution in [-0.2, 0) is 6.42 Å². The summed E-state index contributed by atoms with van der Waals surface area (Å²) in [7, 11) is 0. The molecule has 0 fully saturated rings. The van der Waals surface area contributed by atoms with E-state index in [9.17, 15) is 4.39 Å². The first-order chi connectivity index (χ1) is 9.11. The van der Waals surface area contributed by atoms with Crippen LogP contribution in [0.5, 0.6) is 11.5 Å². The lowest BCUT2D eigenvalue weighted by Crippen LogP contribution is -1.98. The van der Waals surface area contributed by atoms with Crippen LogP contribution < -0.4 is 10.5 Å². The minimum Gasteiger partial charge on any atom is -0.455 e. The number of halogens is 2. The summed E-state index contributed by atoms with van der Waals surface area (Å²) in [6.07, 6.45) is 0.485. The maximum atomic E-state index is 13.3. The van der Waals surface area contributed by atoms with Gasteiger partial charge in [-0.1, -0.05) is 18.2 Å². The molecule has 0 saturated heterocycles. The van der Waals surface area contributed by atoms with E-state index in [1.807, 2.05) is 18.2 Å². The number of benzene rings is 2. The van der Waals surface area contributed by atoms with Crippen LogP contribution in [0.25, 0.3) is 0 Å². The highest BCUT2D eigenvalue weighted by molar-refractivity contribution is 9.10. The van der Waals surface area contributed by atoms with Crippen molar-refractivity contribution in [3.8, 4) is 11.5 Å². The van der Waals surface area contributed by atoms with Crippen molar-refractivity contribution in [2.24, 2.45) is 0 Å². The summed E-state index contributed by atoms with van der Waals surface area (Å²) >= 11 is 3.09. The van der Waals surface area contributed by atoms with E-state index in [0.717, 1.165) is 5.56 Å². The Labute approximate surface area is 118 Å². The molecular formula is C14H13BrFNO2. The largest absolute Gasteiger partial charge is 0.455 e. The molecule has 0 aliphatic heterocycles. The number of aliphatic hydroxyl groups excluding tert-OH is 1. The number of para-hydroxylation sites is 1. The van der Waals surface area contributed by atoms with Gasteiger partial charge in [-0.2, -0.15) is 0 Å². The highest BCUT2D eigenvalue weighted by atomic mass is 79.9. The first kappa shape index (κ1) is 13.8. The first-order valence-electron chi connectivity index (χ1n) is 5.73. The molecule has 3 N–H and O–H groups in total. The van der Waals surface area contributed by atoms with E-state index in [-0.39, 0.29) is 16.8 Å². The fourth-order valence-corrected chi connectivity index (χ4v) is 2.00. The van der Waals surface area contributed by atoms with Crippen LogP contribution in [0.15, 0.2) is 40.9 Å². The first-order valence-corrected chi connectivity index (χ1v) is 6.52. The summed E-state index contributed by atoms with van der Waals surface area (Å²) in [4.78, 5) is 0. The maximum absolute atomic E-state index is 13.3. The second-order valence-electron chi connectivity index (χ2n) is 3.99. The van der Waals surface area contributed by atoms with Crippen LogP contribution in [0.4, 0.5) is 10.1 Å². The normalized spacial score (nSPS) is 10.5. The van der Waals surface area contributed by atoms with Crippen LogP contribution >= 0.6 is 15.9 Å². The van der Waals surface area contributed by atoms with Crippen molar-refractivity contribution in [3.63, 3.8) is 0 Å². The van der Waals surface area contributed by atoms with Gasteiger partial charge in [0.05, 0.1) is 10.2 Å². The molecule has 0 bridgehead atoms. The molecule has 0 saturated carbocycles. The average molecular weight is 326 g/mol. The Hall–Kier alpha value is -1.59. The maximum Gasteiger partial charge on any atom is 0.151 e. The lowest BCUT2D eigenvalue weighted by atomic mass is 10.1. The van der Waals surface area contributed by atoms with Crippen LogP contribution in [0.2, 0.25) is 0 Å². The Morgan fingerprint density at radius 2 is 1.95 bits per heavy atom. The van der Waals surface area contributed by atoms with Crippen molar-refractivity contribution < 1.29 is 14.2 Å². The summed E-state index contributed by atoms with van der Waals surface area (Å²) < 4.78 is 19.3. The topological polar surface area (TPSA) is 55.5 Å². The predicted octanol–water partition coefficient (Wildman–Crippen LogP) is 3.50. The molecular weight excluding hydrogens is 313 g/mol. The smallest absolute Gasteiger partial charge is 0.151 e. The monoisotopic (exact) mass is 325 g/mol.